The molecule has 1 fully saturated rings. The van der Waals surface area contributed by atoms with E-state index in [-0.39, 0.29) is 6.04 Å². The summed E-state index contributed by atoms with van der Waals surface area (Å²) in [4.78, 5) is 18.2. The van der Waals surface area contributed by atoms with Gasteiger partial charge >= 0.3 is 5.97 Å². The zero-order chi connectivity index (χ0) is 16.9. The fourth-order valence-electron chi connectivity index (χ4n) is 3.40. The Morgan fingerprint density at radius 3 is 2.83 bits per heavy atom. The number of nitrogens with zero attached hydrogens (tertiary/aromatic N) is 2. The molecule has 0 amide bonds. The molecule has 126 valence electrons. The molecule has 5 heteroatoms. The Hall–Kier alpha value is -2.40. The smallest absolute Gasteiger partial charge is 0.320 e. The molecule has 3 rings (SSSR count). The number of rotatable bonds is 6. The van der Waals surface area contributed by atoms with Crippen LogP contribution in [0.5, 0.6) is 5.75 Å². The van der Waals surface area contributed by atoms with E-state index < -0.39 is 12.0 Å². The Balaban J connectivity index is 2.08. The summed E-state index contributed by atoms with van der Waals surface area (Å²) in [6, 6.07) is 12.9. The summed E-state index contributed by atoms with van der Waals surface area (Å²) < 4.78 is 5.79. The molecule has 0 aliphatic carbocycles. The van der Waals surface area contributed by atoms with Crippen molar-refractivity contribution in [3.8, 4) is 5.75 Å². The van der Waals surface area contributed by atoms with Crippen LogP contribution < -0.4 is 4.74 Å². The van der Waals surface area contributed by atoms with Gasteiger partial charge in [-0.3, -0.25) is 14.7 Å². The van der Waals surface area contributed by atoms with Gasteiger partial charge in [0.25, 0.3) is 0 Å². The highest BCUT2D eigenvalue weighted by Crippen LogP contribution is 2.38. The fraction of sp³-hybridized carbons (Fsp3) is 0.368. The predicted molar refractivity (Wildman–Crippen MR) is 91.1 cm³/mol. The van der Waals surface area contributed by atoms with E-state index in [0.717, 1.165) is 30.0 Å². The molecule has 0 spiro atoms. The van der Waals surface area contributed by atoms with Crippen molar-refractivity contribution in [2.45, 2.75) is 31.8 Å². The van der Waals surface area contributed by atoms with E-state index in [9.17, 15) is 9.90 Å². The second-order valence-electron chi connectivity index (χ2n) is 5.86. The maximum atomic E-state index is 11.7. The Morgan fingerprint density at radius 1 is 1.33 bits per heavy atom. The second-order valence-corrected chi connectivity index (χ2v) is 5.86. The first-order valence-corrected chi connectivity index (χ1v) is 8.33. The number of hydrogen-bond donors (Lipinski definition) is 1. The molecule has 1 N–H and O–H groups in total. The molecule has 2 heterocycles. The summed E-state index contributed by atoms with van der Waals surface area (Å²) >= 11 is 0. The minimum atomic E-state index is -0.776. The first-order valence-electron chi connectivity index (χ1n) is 8.33. The summed E-state index contributed by atoms with van der Waals surface area (Å²) in [5, 5.41) is 9.61. The van der Waals surface area contributed by atoms with E-state index in [1.165, 1.54) is 0 Å². The van der Waals surface area contributed by atoms with Gasteiger partial charge in [0.2, 0.25) is 0 Å². The van der Waals surface area contributed by atoms with E-state index in [1.54, 1.807) is 6.20 Å². The Bertz CT molecular complexity index is 690. The number of hydrogen-bond acceptors (Lipinski definition) is 4. The molecule has 2 unspecified atom stereocenters. The van der Waals surface area contributed by atoms with Crippen LogP contribution in [0.3, 0.4) is 0 Å². The SMILES string of the molecule is CCOc1ccccc1C(c1ccccn1)N1CCCC1C(=O)O. The molecule has 5 nitrogen and oxygen atoms in total. The van der Waals surface area contributed by atoms with Gasteiger partial charge in [-0.1, -0.05) is 24.3 Å². The van der Waals surface area contributed by atoms with Crippen LogP contribution in [0.1, 0.15) is 37.1 Å². The lowest BCUT2D eigenvalue weighted by Crippen LogP contribution is -2.39. The van der Waals surface area contributed by atoms with Crippen molar-refractivity contribution in [2.24, 2.45) is 0 Å². The second kappa shape index (κ2) is 7.45. The Morgan fingerprint density at radius 2 is 2.12 bits per heavy atom. The number of aliphatic carboxylic acids is 1. The molecule has 1 aromatic heterocycles. The van der Waals surface area contributed by atoms with Crippen molar-refractivity contribution in [2.75, 3.05) is 13.2 Å². The lowest BCUT2D eigenvalue weighted by atomic mass is 9.99. The van der Waals surface area contributed by atoms with Crippen LogP contribution in [0.4, 0.5) is 0 Å². The van der Waals surface area contributed by atoms with Gasteiger partial charge in [0.15, 0.2) is 0 Å². The van der Waals surface area contributed by atoms with Gasteiger partial charge < -0.3 is 9.84 Å². The zero-order valence-electron chi connectivity index (χ0n) is 13.8. The summed E-state index contributed by atoms with van der Waals surface area (Å²) in [7, 11) is 0. The minimum Gasteiger partial charge on any atom is -0.494 e. The Kier molecular flexibility index (Phi) is 5.11. The monoisotopic (exact) mass is 326 g/mol. The molecular formula is C19H22N2O3. The molecule has 1 aliphatic rings. The molecule has 1 aromatic carbocycles. The number of ether oxygens (including phenoxy) is 1. The topological polar surface area (TPSA) is 62.7 Å². The highest BCUT2D eigenvalue weighted by molar-refractivity contribution is 5.74. The normalized spacial score (nSPS) is 19.1. The molecule has 0 saturated carbocycles. The van der Waals surface area contributed by atoms with E-state index in [2.05, 4.69) is 4.98 Å². The maximum Gasteiger partial charge on any atom is 0.320 e. The van der Waals surface area contributed by atoms with Crippen molar-refractivity contribution in [1.82, 2.24) is 9.88 Å². The number of carboxylic acid groups (broad SMARTS) is 1. The van der Waals surface area contributed by atoms with Crippen LogP contribution in [-0.2, 0) is 4.79 Å². The van der Waals surface area contributed by atoms with Crippen molar-refractivity contribution in [3.05, 3.63) is 59.9 Å². The third kappa shape index (κ3) is 3.26. The first kappa shape index (κ1) is 16.5. The molecule has 0 radical (unpaired) electrons. The van der Waals surface area contributed by atoms with E-state index in [4.69, 9.17) is 4.74 Å². The van der Waals surface area contributed by atoms with Crippen LogP contribution in [0, 0.1) is 0 Å². The number of para-hydroxylation sites is 1. The highest BCUT2D eigenvalue weighted by Gasteiger charge is 2.38. The molecule has 1 saturated heterocycles. The third-order valence-electron chi connectivity index (χ3n) is 4.39. The van der Waals surface area contributed by atoms with Crippen molar-refractivity contribution in [3.63, 3.8) is 0 Å². The summed E-state index contributed by atoms with van der Waals surface area (Å²) in [5.74, 6) is 0.00835. The number of pyridine rings is 1. The quantitative estimate of drug-likeness (QED) is 0.884. The molecule has 0 bridgehead atoms. The van der Waals surface area contributed by atoms with Gasteiger partial charge in [-0.05, 0) is 38.0 Å². The minimum absolute atomic E-state index is 0.224. The lowest BCUT2D eigenvalue weighted by Gasteiger charge is -2.32. The summed E-state index contributed by atoms with van der Waals surface area (Å²) in [6.45, 7) is 3.25. The molecule has 2 atom stereocenters. The van der Waals surface area contributed by atoms with Gasteiger partial charge in [0.05, 0.1) is 18.3 Å². The van der Waals surface area contributed by atoms with Crippen LogP contribution in [0.2, 0.25) is 0 Å². The molecule has 2 aromatic rings. The molecule has 1 aliphatic heterocycles. The predicted octanol–water partition coefficient (Wildman–Crippen LogP) is 3.12. The van der Waals surface area contributed by atoms with Crippen LogP contribution in [-0.4, -0.2) is 40.2 Å². The van der Waals surface area contributed by atoms with E-state index >= 15 is 0 Å². The number of carbonyl (C=O) groups is 1. The highest BCUT2D eigenvalue weighted by atomic mass is 16.5. The lowest BCUT2D eigenvalue weighted by molar-refractivity contribution is -0.142. The number of carboxylic acids is 1. The van der Waals surface area contributed by atoms with E-state index in [0.29, 0.717) is 13.0 Å². The number of likely N-dealkylation sites (tertiary alicyclic amines) is 1. The zero-order valence-corrected chi connectivity index (χ0v) is 13.8. The maximum absolute atomic E-state index is 11.7. The van der Waals surface area contributed by atoms with Gasteiger partial charge in [-0.25, -0.2) is 0 Å². The van der Waals surface area contributed by atoms with Crippen molar-refractivity contribution >= 4 is 5.97 Å². The van der Waals surface area contributed by atoms with Crippen molar-refractivity contribution in [1.29, 1.82) is 0 Å². The van der Waals surface area contributed by atoms with Crippen LogP contribution in [0.15, 0.2) is 48.7 Å². The first-order chi connectivity index (χ1) is 11.7. The standard InChI is InChI=1S/C19H22N2O3/c1-2-24-17-11-4-3-8-14(17)18(15-9-5-6-12-20-15)21-13-7-10-16(21)19(22)23/h3-6,8-9,11-12,16,18H,2,7,10,13H2,1H3,(H,22,23). The Labute approximate surface area is 141 Å². The molecular weight excluding hydrogens is 304 g/mol. The van der Waals surface area contributed by atoms with Gasteiger partial charge in [-0.15, -0.1) is 0 Å². The van der Waals surface area contributed by atoms with Crippen LogP contribution in [0.25, 0.3) is 0 Å². The van der Waals surface area contributed by atoms with E-state index in [1.807, 2.05) is 54.3 Å². The average molecular weight is 326 g/mol. The van der Waals surface area contributed by atoms with Crippen LogP contribution >= 0.6 is 0 Å². The third-order valence-corrected chi connectivity index (χ3v) is 4.39. The largest absolute Gasteiger partial charge is 0.494 e. The van der Waals surface area contributed by atoms with Crippen molar-refractivity contribution < 1.29 is 14.6 Å². The molecule has 24 heavy (non-hydrogen) atoms. The average Bonchev–Trinajstić information content (AvgIpc) is 3.07. The number of benzene rings is 1. The van der Waals surface area contributed by atoms with Gasteiger partial charge in [0.1, 0.15) is 11.8 Å². The number of aromatic nitrogens is 1. The summed E-state index contributed by atoms with van der Waals surface area (Å²) in [6.07, 6.45) is 3.28. The summed E-state index contributed by atoms with van der Waals surface area (Å²) in [5.41, 5.74) is 1.81. The van der Waals surface area contributed by atoms with Gasteiger partial charge in [0, 0.05) is 18.3 Å². The fourth-order valence-corrected chi connectivity index (χ4v) is 3.40. The van der Waals surface area contributed by atoms with Gasteiger partial charge in [-0.2, -0.15) is 0 Å².